The minimum Gasteiger partial charge on any atom is -0.362 e. The number of nitrogens with zero attached hydrogens (tertiary/aromatic N) is 1. The molecule has 0 aromatic rings. The van der Waals surface area contributed by atoms with E-state index in [1.807, 2.05) is 6.92 Å². The number of nitrogens with one attached hydrogen (secondary N) is 1. The summed E-state index contributed by atoms with van der Waals surface area (Å²) in [6, 6.07) is 0.515. The smallest absolute Gasteiger partial charge is 0.264 e. The third-order valence-electron chi connectivity index (χ3n) is 4.22. The van der Waals surface area contributed by atoms with Crippen molar-refractivity contribution in [2.45, 2.75) is 70.1 Å². The lowest BCUT2D eigenvalue weighted by molar-refractivity contribution is -0.120. The van der Waals surface area contributed by atoms with Gasteiger partial charge in [0, 0.05) is 6.04 Å². The summed E-state index contributed by atoms with van der Waals surface area (Å²) in [4.78, 5) is 16.2. The van der Waals surface area contributed by atoms with Gasteiger partial charge in [-0.3, -0.25) is 4.79 Å². The summed E-state index contributed by atoms with van der Waals surface area (Å²) < 4.78 is -0.368. The van der Waals surface area contributed by atoms with Crippen molar-refractivity contribution < 1.29 is 4.79 Å². The molecule has 0 spiro atoms. The fourth-order valence-electron chi connectivity index (χ4n) is 2.50. The fourth-order valence-corrected chi connectivity index (χ4v) is 3.62. The number of hydrogen-bond acceptors (Lipinski definition) is 3. The zero-order chi connectivity index (χ0) is 13.2. The van der Waals surface area contributed by atoms with E-state index in [1.165, 1.54) is 38.5 Å². The van der Waals surface area contributed by atoms with Crippen LogP contribution in [0.25, 0.3) is 0 Å². The van der Waals surface area contributed by atoms with E-state index >= 15 is 0 Å². The molecule has 1 unspecified atom stereocenters. The van der Waals surface area contributed by atoms with Crippen LogP contribution in [-0.2, 0) is 4.79 Å². The first-order valence-electron chi connectivity index (χ1n) is 7.11. The molecule has 102 valence electrons. The van der Waals surface area contributed by atoms with E-state index in [0.29, 0.717) is 12.0 Å². The Bertz CT molecular complexity index is 346. The second kappa shape index (κ2) is 5.64. The highest BCUT2D eigenvalue weighted by atomic mass is 32.2. The standard InChI is InChI=1S/C14H24N2OS/c1-10(2)14(3)12(17)16-13(18-14)15-11-8-6-4-5-7-9-11/h10-11H,4-9H2,1-3H3,(H,15,16,17). The Morgan fingerprint density at radius 2 is 1.89 bits per heavy atom. The molecule has 0 aromatic carbocycles. The Kier molecular flexibility index (Phi) is 4.36. The number of hydrogen-bond donors (Lipinski definition) is 1. The minimum atomic E-state index is -0.368. The molecular weight excluding hydrogens is 244 g/mol. The number of carbonyl (C=O) groups excluding carboxylic acids is 1. The number of amidine groups is 1. The van der Waals surface area contributed by atoms with Crippen molar-refractivity contribution >= 4 is 22.8 Å². The predicted octanol–water partition coefficient (Wildman–Crippen LogP) is 3.34. The van der Waals surface area contributed by atoms with Crippen LogP contribution >= 0.6 is 11.8 Å². The van der Waals surface area contributed by atoms with Gasteiger partial charge in [-0.2, -0.15) is 4.99 Å². The molecule has 1 aliphatic heterocycles. The van der Waals surface area contributed by atoms with E-state index in [1.54, 1.807) is 11.8 Å². The molecule has 18 heavy (non-hydrogen) atoms. The molecule has 1 atom stereocenters. The molecule has 2 aliphatic rings. The van der Waals surface area contributed by atoms with Crippen LogP contribution in [0.15, 0.2) is 4.99 Å². The van der Waals surface area contributed by atoms with Gasteiger partial charge >= 0.3 is 0 Å². The molecule has 1 fully saturated rings. The van der Waals surface area contributed by atoms with E-state index in [4.69, 9.17) is 0 Å². The Balaban J connectivity index is 1.95. The number of amides is 1. The molecule has 3 nitrogen and oxygen atoms in total. The maximum absolute atomic E-state index is 12.0. The van der Waals surface area contributed by atoms with Crippen molar-refractivity contribution in [3.8, 4) is 0 Å². The van der Waals surface area contributed by atoms with Gasteiger partial charge in [0.05, 0.1) is 0 Å². The zero-order valence-electron chi connectivity index (χ0n) is 11.7. The number of thioether (sulfide) groups is 1. The lowest BCUT2D eigenvalue weighted by atomic mass is 9.96. The van der Waals surface area contributed by atoms with Crippen molar-refractivity contribution in [3.63, 3.8) is 0 Å². The average molecular weight is 268 g/mol. The van der Waals surface area contributed by atoms with Gasteiger partial charge in [0.15, 0.2) is 5.17 Å². The van der Waals surface area contributed by atoms with Crippen molar-refractivity contribution in [2.75, 3.05) is 0 Å². The molecule has 4 heteroatoms. The van der Waals surface area contributed by atoms with E-state index in [-0.39, 0.29) is 10.7 Å². The van der Waals surface area contributed by atoms with Crippen LogP contribution in [0.4, 0.5) is 0 Å². The highest BCUT2D eigenvalue weighted by Crippen LogP contribution is 2.39. The van der Waals surface area contributed by atoms with Gasteiger partial charge in [0.25, 0.3) is 5.91 Å². The van der Waals surface area contributed by atoms with Gasteiger partial charge in [0.1, 0.15) is 4.75 Å². The lowest BCUT2D eigenvalue weighted by Gasteiger charge is -2.25. The first kappa shape index (κ1) is 13.9. The fraction of sp³-hybridized carbons (Fsp3) is 0.857. The van der Waals surface area contributed by atoms with E-state index in [2.05, 4.69) is 24.2 Å². The van der Waals surface area contributed by atoms with Gasteiger partial charge in [0.2, 0.25) is 0 Å². The molecule has 0 aromatic heterocycles. The second-order valence-electron chi connectivity index (χ2n) is 5.92. The Hall–Kier alpha value is -0.510. The number of aliphatic imine (C=N–C) groups is 1. The first-order valence-corrected chi connectivity index (χ1v) is 7.92. The van der Waals surface area contributed by atoms with Gasteiger partial charge < -0.3 is 5.32 Å². The molecule has 1 N–H and O–H groups in total. The molecule has 1 amide bonds. The van der Waals surface area contributed by atoms with Crippen LogP contribution in [0.1, 0.15) is 59.3 Å². The van der Waals surface area contributed by atoms with E-state index in [0.717, 1.165) is 5.17 Å². The molecule has 1 saturated carbocycles. The van der Waals surface area contributed by atoms with E-state index in [9.17, 15) is 4.79 Å². The van der Waals surface area contributed by atoms with Crippen LogP contribution in [0, 0.1) is 5.92 Å². The maximum atomic E-state index is 12.0. The Labute approximate surface area is 114 Å². The highest BCUT2D eigenvalue weighted by Gasteiger charge is 2.44. The molecule has 0 bridgehead atoms. The van der Waals surface area contributed by atoms with Crippen LogP contribution in [0.2, 0.25) is 0 Å². The summed E-state index contributed by atoms with van der Waals surface area (Å²) >= 11 is 1.62. The Morgan fingerprint density at radius 1 is 1.28 bits per heavy atom. The molecule has 0 radical (unpaired) electrons. The monoisotopic (exact) mass is 268 g/mol. The predicted molar refractivity (Wildman–Crippen MR) is 77.9 cm³/mol. The lowest BCUT2D eigenvalue weighted by Crippen LogP contribution is -2.35. The van der Waals surface area contributed by atoms with Crippen molar-refractivity contribution in [3.05, 3.63) is 0 Å². The van der Waals surface area contributed by atoms with Crippen molar-refractivity contribution in [1.82, 2.24) is 5.32 Å². The quantitative estimate of drug-likeness (QED) is 0.781. The number of carbonyl (C=O) groups is 1. The number of rotatable bonds is 2. The summed E-state index contributed by atoms with van der Waals surface area (Å²) in [5.41, 5.74) is 0. The minimum absolute atomic E-state index is 0.0265. The first-order chi connectivity index (χ1) is 8.52. The topological polar surface area (TPSA) is 41.5 Å². The highest BCUT2D eigenvalue weighted by molar-refractivity contribution is 8.16. The normalized spacial score (nSPS) is 30.4. The van der Waals surface area contributed by atoms with Gasteiger partial charge in [-0.05, 0) is 25.7 Å². The van der Waals surface area contributed by atoms with Gasteiger partial charge in [-0.1, -0.05) is 51.3 Å². The SMILES string of the molecule is CC(C)C1(C)SC(NC2CCCCCC2)=NC1=O. The van der Waals surface area contributed by atoms with Crippen LogP contribution in [0.3, 0.4) is 0 Å². The summed E-state index contributed by atoms with van der Waals surface area (Å²) in [7, 11) is 0. The molecule has 1 aliphatic carbocycles. The van der Waals surface area contributed by atoms with Crippen LogP contribution < -0.4 is 5.32 Å². The van der Waals surface area contributed by atoms with Crippen LogP contribution in [0.5, 0.6) is 0 Å². The van der Waals surface area contributed by atoms with Crippen molar-refractivity contribution in [2.24, 2.45) is 10.9 Å². The maximum Gasteiger partial charge on any atom is 0.264 e. The largest absolute Gasteiger partial charge is 0.362 e. The van der Waals surface area contributed by atoms with Crippen LogP contribution in [-0.4, -0.2) is 21.9 Å². The molecule has 1 heterocycles. The van der Waals surface area contributed by atoms with E-state index < -0.39 is 0 Å². The molecular formula is C14H24N2OS. The summed E-state index contributed by atoms with van der Waals surface area (Å²) in [6.07, 6.45) is 7.72. The van der Waals surface area contributed by atoms with Gasteiger partial charge in [-0.15, -0.1) is 0 Å². The summed E-state index contributed by atoms with van der Waals surface area (Å²) in [5.74, 6) is 0.339. The molecule has 2 rings (SSSR count). The van der Waals surface area contributed by atoms with Crippen molar-refractivity contribution in [1.29, 1.82) is 0 Å². The third-order valence-corrected chi connectivity index (χ3v) is 5.69. The zero-order valence-corrected chi connectivity index (χ0v) is 12.5. The average Bonchev–Trinajstić information content (AvgIpc) is 2.52. The Morgan fingerprint density at radius 3 is 2.39 bits per heavy atom. The molecule has 0 saturated heterocycles. The van der Waals surface area contributed by atoms with Gasteiger partial charge in [-0.25, -0.2) is 0 Å². The third kappa shape index (κ3) is 2.90. The summed E-state index contributed by atoms with van der Waals surface area (Å²) in [5, 5.41) is 4.34. The summed E-state index contributed by atoms with van der Waals surface area (Å²) in [6.45, 7) is 6.19. The second-order valence-corrected chi connectivity index (χ2v) is 7.36.